The molecule has 0 saturated heterocycles. The average molecular weight is 210 g/mol. The third-order valence-corrected chi connectivity index (χ3v) is 3.41. The SMILES string of the molecule is CCNC(=O)CNC(=O)C1CC2CC2C1. The number of rotatable bonds is 4. The molecule has 2 amide bonds. The monoisotopic (exact) mass is 210 g/mol. The molecule has 2 saturated carbocycles. The van der Waals surface area contributed by atoms with Crippen LogP contribution >= 0.6 is 0 Å². The summed E-state index contributed by atoms with van der Waals surface area (Å²) in [6, 6.07) is 0. The van der Waals surface area contributed by atoms with Crippen molar-refractivity contribution in [2.45, 2.75) is 26.2 Å². The molecule has 2 rings (SSSR count). The molecule has 0 aromatic rings. The first-order valence-electron chi connectivity index (χ1n) is 5.75. The normalized spacial score (nSPS) is 31.9. The van der Waals surface area contributed by atoms with E-state index in [0.717, 1.165) is 24.7 Å². The highest BCUT2D eigenvalue weighted by atomic mass is 16.2. The van der Waals surface area contributed by atoms with Crippen molar-refractivity contribution in [2.24, 2.45) is 17.8 Å². The predicted molar refractivity (Wildman–Crippen MR) is 56.0 cm³/mol. The first-order valence-corrected chi connectivity index (χ1v) is 5.75. The number of likely N-dealkylation sites (N-methyl/N-ethyl adjacent to an activating group) is 1. The van der Waals surface area contributed by atoms with Gasteiger partial charge in [-0.3, -0.25) is 9.59 Å². The van der Waals surface area contributed by atoms with Gasteiger partial charge in [0.05, 0.1) is 6.54 Å². The number of amides is 2. The topological polar surface area (TPSA) is 58.2 Å². The van der Waals surface area contributed by atoms with Gasteiger partial charge in [0.2, 0.25) is 11.8 Å². The van der Waals surface area contributed by atoms with Crippen LogP contribution < -0.4 is 10.6 Å². The van der Waals surface area contributed by atoms with Crippen LogP contribution in [-0.4, -0.2) is 24.9 Å². The van der Waals surface area contributed by atoms with E-state index in [1.54, 1.807) is 0 Å². The first kappa shape index (κ1) is 10.5. The fourth-order valence-electron chi connectivity index (χ4n) is 2.50. The molecule has 2 atom stereocenters. The Kier molecular flexibility index (Phi) is 2.93. The van der Waals surface area contributed by atoms with Crippen LogP contribution in [0.15, 0.2) is 0 Å². The van der Waals surface area contributed by atoms with Crippen LogP contribution in [0, 0.1) is 17.8 Å². The third kappa shape index (κ3) is 2.49. The lowest BCUT2D eigenvalue weighted by Crippen LogP contribution is -2.39. The van der Waals surface area contributed by atoms with Crippen molar-refractivity contribution in [2.75, 3.05) is 13.1 Å². The van der Waals surface area contributed by atoms with Crippen molar-refractivity contribution < 1.29 is 9.59 Å². The molecular weight excluding hydrogens is 192 g/mol. The minimum Gasteiger partial charge on any atom is -0.355 e. The van der Waals surface area contributed by atoms with Crippen LogP contribution in [0.2, 0.25) is 0 Å². The van der Waals surface area contributed by atoms with Gasteiger partial charge in [-0.2, -0.15) is 0 Å². The van der Waals surface area contributed by atoms with Crippen molar-refractivity contribution in [1.29, 1.82) is 0 Å². The second-order valence-electron chi connectivity index (χ2n) is 4.60. The number of carbonyl (C=O) groups is 2. The fourth-order valence-corrected chi connectivity index (χ4v) is 2.50. The molecule has 84 valence electrons. The summed E-state index contributed by atoms with van der Waals surface area (Å²) in [5, 5.41) is 5.35. The van der Waals surface area contributed by atoms with Gasteiger partial charge in [-0.05, 0) is 38.0 Å². The second-order valence-corrected chi connectivity index (χ2v) is 4.60. The van der Waals surface area contributed by atoms with Crippen LogP contribution in [0.1, 0.15) is 26.2 Å². The van der Waals surface area contributed by atoms with Crippen LogP contribution in [0.5, 0.6) is 0 Å². The summed E-state index contributed by atoms with van der Waals surface area (Å²) < 4.78 is 0. The molecule has 15 heavy (non-hydrogen) atoms. The molecule has 2 fully saturated rings. The summed E-state index contributed by atoms with van der Waals surface area (Å²) in [5.74, 6) is 1.75. The van der Waals surface area contributed by atoms with E-state index in [-0.39, 0.29) is 24.3 Å². The Balaban J connectivity index is 1.66. The predicted octanol–water partition coefficient (Wildman–Crippen LogP) is 0.285. The Morgan fingerprint density at radius 1 is 1.13 bits per heavy atom. The van der Waals surface area contributed by atoms with Crippen molar-refractivity contribution in [3.8, 4) is 0 Å². The number of hydrogen-bond acceptors (Lipinski definition) is 2. The number of fused-ring (bicyclic) bond motifs is 1. The summed E-state index contributed by atoms with van der Waals surface area (Å²) in [6.07, 6.45) is 3.39. The minimum atomic E-state index is -0.103. The van der Waals surface area contributed by atoms with Crippen molar-refractivity contribution in [3.05, 3.63) is 0 Å². The van der Waals surface area contributed by atoms with Gasteiger partial charge in [0.25, 0.3) is 0 Å². The van der Waals surface area contributed by atoms with E-state index in [1.807, 2.05) is 6.92 Å². The zero-order chi connectivity index (χ0) is 10.8. The van der Waals surface area contributed by atoms with E-state index in [2.05, 4.69) is 10.6 Å². The zero-order valence-corrected chi connectivity index (χ0v) is 9.08. The van der Waals surface area contributed by atoms with E-state index >= 15 is 0 Å². The molecule has 0 aromatic heterocycles. The quantitative estimate of drug-likeness (QED) is 0.700. The van der Waals surface area contributed by atoms with E-state index in [4.69, 9.17) is 0 Å². The molecule has 0 radical (unpaired) electrons. The maximum absolute atomic E-state index is 11.6. The van der Waals surface area contributed by atoms with Gasteiger partial charge in [0.15, 0.2) is 0 Å². The Morgan fingerprint density at radius 2 is 1.80 bits per heavy atom. The van der Waals surface area contributed by atoms with Crippen molar-refractivity contribution in [1.82, 2.24) is 10.6 Å². The van der Waals surface area contributed by atoms with Crippen LogP contribution in [0.4, 0.5) is 0 Å². The lowest BCUT2D eigenvalue weighted by atomic mass is 10.0. The van der Waals surface area contributed by atoms with E-state index < -0.39 is 0 Å². The fraction of sp³-hybridized carbons (Fsp3) is 0.818. The molecule has 0 aromatic carbocycles. The van der Waals surface area contributed by atoms with E-state index in [9.17, 15) is 9.59 Å². The van der Waals surface area contributed by atoms with E-state index in [1.165, 1.54) is 6.42 Å². The van der Waals surface area contributed by atoms with Crippen molar-refractivity contribution in [3.63, 3.8) is 0 Å². The molecular formula is C11H18N2O2. The Bertz CT molecular complexity index is 268. The first-order chi connectivity index (χ1) is 7.20. The van der Waals surface area contributed by atoms with Crippen LogP contribution in [0.3, 0.4) is 0 Å². The smallest absolute Gasteiger partial charge is 0.239 e. The van der Waals surface area contributed by atoms with Gasteiger partial charge in [-0.15, -0.1) is 0 Å². The highest BCUT2D eigenvalue weighted by Gasteiger charge is 2.47. The van der Waals surface area contributed by atoms with Gasteiger partial charge in [0.1, 0.15) is 0 Å². The third-order valence-electron chi connectivity index (χ3n) is 3.41. The Hall–Kier alpha value is -1.06. The summed E-state index contributed by atoms with van der Waals surface area (Å²) in [6.45, 7) is 2.60. The molecule has 0 aliphatic heterocycles. The van der Waals surface area contributed by atoms with Gasteiger partial charge >= 0.3 is 0 Å². The molecule has 4 heteroatoms. The Morgan fingerprint density at radius 3 is 2.40 bits per heavy atom. The van der Waals surface area contributed by atoms with Gasteiger partial charge < -0.3 is 10.6 Å². The highest BCUT2D eigenvalue weighted by Crippen LogP contribution is 2.54. The maximum atomic E-state index is 11.6. The molecule has 2 aliphatic rings. The van der Waals surface area contributed by atoms with Crippen LogP contribution in [-0.2, 0) is 9.59 Å². The second kappa shape index (κ2) is 4.21. The summed E-state index contributed by atoms with van der Waals surface area (Å²) in [7, 11) is 0. The molecule has 2 N–H and O–H groups in total. The van der Waals surface area contributed by atoms with Gasteiger partial charge in [-0.25, -0.2) is 0 Å². The largest absolute Gasteiger partial charge is 0.355 e. The molecule has 0 heterocycles. The summed E-state index contributed by atoms with van der Waals surface area (Å²) >= 11 is 0. The lowest BCUT2D eigenvalue weighted by molar-refractivity contribution is -0.128. The molecule has 0 spiro atoms. The highest BCUT2D eigenvalue weighted by molar-refractivity contribution is 5.86. The average Bonchev–Trinajstić information content (AvgIpc) is 2.83. The molecule has 0 bridgehead atoms. The molecule has 4 nitrogen and oxygen atoms in total. The van der Waals surface area contributed by atoms with Crippen molar-refractivity contribution >= 4 is 11.8 Å². The molecule has 2 aliphatic carbocycles. The number of carbonyl (C=O) groups excluding carboxylic acids is 2. The van der Waals surface area contributed by atoms with Gasteiger partial charge in [-0.1, -0.05) is 0 Å². The number of nitrogens with one attached hydrogen (secondary N) is 2. The summed E-state index contributed by atoms with van der Waals surface area (Å²) in [4.78, 5) is 22.7. The van der Waals surface area contributed by atoms with Crippen LogP contribution in [0.25, 0.3) is 0 Å². The molecule has 2 unspecified atom stereocenters. The Labute approximate surface area is 89.8 Å². The lowest BCUT2D eigenvalue weighted by Gasteiger charge is -2.11. The minimum absolute atomic E-state index is 0.0634. The number of hydrogen-bond donors (Lipinski definition) is 2. The van der Waals surface area contributed by atoms with Gasteiger partial charge in [0, 0.05) is 12.5 Å². The summed E-state index contributed by atoms with van der Waals surface area (Å²) in [5.41, 5.74) is 0. The standard InChI is InChI=1S/C11H18N2O2/c1-2-12-10(14)6-13-11(15)9-4-7-3-8(7)5-9/h7-9H,2-6H2,1H3,(H,12,14)(H,13,15). The zero-order valence-electron chi connectivity index (χ0n) is 9.08. The van der Waals surface area contributed by atoms with E-state index in [0.29, 0.717) is 6.54 Å². The maximum Gasteiger partial charge on any atom is 0.239 e.